The fourth-order valence-electron chi connectivity index (χ4n) is 2.07. The maximum absolute atomic E-state index is 12.2. The summed E-state index contributed by atoms with van der Waals surface area (Å²) in [7, 11) is 1.50. The Morgan fingerprint density at radius 3 is 2.83 bits per heavy atom. The van der Waals surface area contributed by atoms with Gasteiger partial charge in [0.1, 0.15) is 11.8 Å². The molecule has 2 heterocycles. The summed E-state index contributed by atoms with van der Waals surface area (Å²) in [6, 6.07) is -0.876. The highest BCUT2D eigenvalue weighted by Gasteiger charge is 2.41. The van der Waals surface area contributed by atoms with Gasteiger partial charge in [0.05, 0.1) is 6.10 Å². The Balaban J connectivity index is 2.23. The zero-order valence-electron chi connectivity index (χ0n) is 10.1. The van der Waals surface area contributed by atoms with Crippen LogP contribution in [0.2, 0.25) is 0 Å². The Morgan fingerprint density at radius 1 is 1.61 bits per heavy atom. The highest BCUT2D eigenvalue weighted by atomic mass is 16.5. The van der Waals surface area contributed by atoms with Gasteiger partial charge in [-0.15, -0.1) is 0 Å². The van der Waals surface area contributed by atoms with E-state index in [0.29, 0.717) is 5.76 Å². The van der Waals surface area contributed by atoms with Gasteiger partial charge in [-0.05, 0) is 6.92 Å². The fraction of sp³-hybridized carbons (Fsp3) is 0.545. The SMILES string of the molecule is COC1CC(C(=O)O)N(C(=O)c2ncoc2C)C1. The van der Waals surface area contributed by atoms with Crippen LogP contribution < -0.4 is 0 Å². The standard InChI is InChI=1S/C11H14N2O5/c1-6-9(12-5-18-6)10(14)13-4-7(17-2)3-8(13)11(15)16/h5,7-8H,3-4H2,1-2H3,(H,15,16). The van der Waals surface area contributed by atoms with Crippen LogP contribution in [0.3, 0.4) is 0 Å². The quantitative estimate of drug-likeness (QED) is 0.833. The molecular formula is C11H14N2O5. The molecule has 0 bridgehead atoms. The van der Waals surface area contributed by atoms with E-state index in [9.17, 15) is 9.59 Å². The van der Waals surface area contributed by atoms with E-state index in [1.54, 1.807) is 6.92 Å². The number of rotatable bonds is 3. The summed E-state index contributed by atoms with van der Waals surface area (Å²) in [5, 5.41) is 9.12. The molecule has 7 nitrogen and oxygen atoms in total. The molecule has 18 heavy (non-hydrogen) atoms. The number of hydrogen-bond acceptors (Lipinski definition) is 5. The first-order valence-corrected chi connectivity index (χ1v) is 5.51. The maximum Gasteiger partial charge on any atom is 0.326 e. The van der Waals surface area contributed by atoms with E-state index in [2.05, 4.69) is 4.98 Å². The van der Waals surface area contributed by atoms with E-state index in [0.717, 1.165) is 0 Å². The molecule has 2 rings (SSSR count). The molecule has 1 aromatic rings. The van der Waals surface area contributed by atoms with Crippen molar-refractivity contribution in [2.24, 2.45) is 0 Å². The Morgan fingerprint density at radius 2 is 2.33 bits per heavy atom. The van der Waals surface area contributed by atoms with Gasteiger partial charge in [-0.25, -0.2) is 9.78 Å². The smallest absolute Gasteiger partial charge is 0.326 e. The van der Waals surface area contributed by atoms with Gasteiger partial charge in [0.15, 0.2) is 12.1 Å². The van der Waals surface area contributed by atoms with Crippen molar-refractivity contribution in [2.45, 2.75) is 25.5 Å². The van der Waals surface area contributed by atoms with Crippen molar-refractivity contribution >= 4 is 11.9 Å². The molecule has 98 valence electrons. The average molecular weight is 254 g/mol. The Kier molecular flexibility index (Phi) is 3.33. The number of hydrogen-bond donors (Lipinski definition) is 1. The molecule has 7 heteroatoms. The van der Waals surface area contributed by atoms with E-state index >= 15 is 0 Å². The van der Waals surface area contributed by atoms with E-state index < -0.39 is 17.9 Å². The lowest BCUT2D eigenvalue weighted by molar-refractivity contribution is -0.141. The summed E-state index contributed by atoms with van der Waals surface area (Å²) in [4.78, 5) is 28.4. The summed E-state index contributed by atoms with van der Waals surface area (Å²) in [6.07, 6.45) is 1.19. The average Bonchev–Trinajstić information content (AvgIpc) is 2.93. The number of aryl methyl sites for hydroxylation is 1. The third-order valence-electron chi connectivity index (χ3n) is 3.09. The molecule has 2 atom stereocenters. The Hall–Kier alpha value is -1.89. The summed E-state index contributed by atoms with van der Waals surface area (Å²) < 4.78 is 10.1. The third-order valence-corrected chi connectivity index (χ3v) is 3.09. The maximum atomic E-state index is 12.2. The number of aliphatic carboxylic acids is 1. The van der Waals surface area contributed by atoms with Gasteiger partial charge in [0, 0.05) is 20.1 Å². The number of likely N-dealkylation sites (tertiary alicyclic amines) is 1. The third kappa shape index (κ3) is 2.08. The van der Waals surface area contributed by atoms with Crippen LogP contribution in [0.1, 0.15) is 22.7 Å². The molecule has 1 aliphatic heterocycles. The summed E-state index contributed by atoms with van der Waals surface area (Å²) >= 11 is 0. The van der Waals surface area contributed by atoms with E-state index in [1.807, 2.05) is 0 Å². The van der Waals surface area contributed by atoms with Gasteiger partial charge in [-0.1, -0.05) is 0 Å². The number of oxazole rings is 1. The van der Waals surface area contributed by atoms with E-state index in [4.69, 9.17) is 14.3 Å². The minimum absolute atomic E-state index is 0.151. The van der Waals surface area contributed by atoms with Gasteiger partial charge in [-0.3, -0.25) is 4.79 Å². The number of carbonyl (C=O) groups excluding carboxylic acids is 1. The second-order valence-corrected chi connectivity index (χ2v) is 4.16. The minimum Gasteiger partial charge on any atom is -0.480 e. The molecule has 1 saturated heterocycles. The Labute approximate surface area is 103 Å². The first-order valence-electron chi connectivity index (χ1n) is 5.51. The van der Waals surface area contributed by atoms with Crippen molar-refractivity contribution in [3.05, 3.63) is 17.8 Å². The van der Waals surface area contributed by atoms with Crippen molar-refractivity contribution in [3.63, 3.8) is 0 Å². The molecule has 1 amide bonds. The monoisotopic (exact) mass is 254 g/mol. The van der Waals surface area contributed by atoms with E-state index in [1.165, 1.54) is 18.4 Å². The van der Waals surface area contributed by atoms with Crippen LogP contribution in [0.5, 0.6) is 0 Å². The minimum atomic E-state index is -1.04. The molecule has 0 saturated carbocycles. The molecular weight excluding hydrogens is 240 g/mol. The number of aromatic nitrogens is 1. The molecule has 0 aromatic carbocycles. The predicted octanol–water partition coefficient (Wildman–Crippen LogP) is 0.297. The lowest BCUT2D eigenvalue weighted by Gasteiger charge is -2.20. The van der Waals surface area contributed by atoms with Gasteiger partial charge in [0.2, 0.25) is 0 Å². The normalized spacial score (nSPS) is 23.3. The number of ether oxygens (including phenoxy) is 1. The number of nitrogens with zero attached hydrogens (tertiary/aromatic N) is 2. The molecule has 1 aromatic heterocycles. The van der Waals surface area contributed by atoms with Crippen LogP contribution in [0.15, 0.2) is 10.8 Å². The second kappa shape index (κ2) is 4.77. The van der Waals surface area contributed by atoms with Crippen molar-refractivity contribution < 1.29 is 23.8 Å². The largest absolute Gasteiger partial charge is 0.480 e. The highest BCUT2D eigenvalue weighted by Crippen LogP contribution is 2.23. The van der Waals surface area contributed by atoms with E-state index in [-0.39, 0.29) is 24.8 Å². The summed E-state index contributed by atoms with van der Waals surface area (Å²) in [6.45, 7) is 1.86. The highest BCUT2D eigenvalue weighted by molar-refractivity contribution is 5.96. The number of carboxylic acid groups (broad SMARTS) is 1. The van der Waals surface area contributed by atoms with Crippen molar-refractivity contribution in [3.8, 4) is 0 Å². The molecule has 1 aliphatic rings. The Bertz CT molecular complexity index is 470. The first-order chi connectivity index (χ1) is 8.54. The fourth-order valence-corrected chi connectivity index (χ4v) is 2.07. The number of carboxylic acids is 1. The van der Waals surface area contributed by atoms with Crippen molar-refractivity contribution in [1.82, 2.24) is 9.88 Å². The van der Waals surface area contributed by atoms with Gasteiger partial charge >= 0.3 is 5.97 Å². The molecule has 2 unspecified atom stereocenters. The lowest BCUT2D eigenvalue weighted by atomic mass is 10.2. The summed E-state index contributed by atoms with van der Waals surface area (Å²) in [5.41, 5.74) is 0.151. The van der Waals surface area contributed by atoms with Crippen LogP contribution in [0.25, 0.3) is 0 Å². The zero-order chi connectivity index (χ0) is 13.3. The van der Waals surface area contributed by atoms with Gasteiger partial charge < -0.3 is 19.2 Å². The van der Waals surface area contributed by atoms with Gasteiger partial charge in [0.25, 0.3) is 5.91 Å². The molecule has 0 spiro atoms. The predicted molar refractivity (Wildman–Crippen MR) is 59.1 cm³/mol. The second-order valence-electron chi connectivity index (χ2n) is 4.16. The summed E-state index contributed by atoms with van der Waals surface area (Å²) in [5.74, 6) is -1.10. The first kappa shape index (κ1) is 12.6. The van der Waals surface area contributed by atoms with Crippen LogP contribution >= 0.6 is 0 Å². The number of methoxy groups -OCH3 is 1. The van der Waals surface area contributed by atoms with Crippen molar-refractivity contribution in [2.75, 3.05) is 13.7 Å². The zero-order valence-corrected chi connectivity index (χ0v) is 10.1. The molecule has 0 aliphatic carbocycles. The van der Waals surface area contributed by atoms with Crippen LogP contribution in [-0.4, -0.2) is 52.7 Å². The van der Waals surface area contributed by atoms with Gasteiger partial charge in [-0.2, -0.15) is 0 Å². The number of carbonyl (C=O) groups is 2. The number of amides is 1. The topological polar surface area (TPSA) is 92.9 Å². The molecule has 1 fully saturated rings. The van der Waals surface area contributed by atoms with Crippen LogP contribution in [0, 0.1) is 6.92 Å². The lowest BCUT2D eigenvalue weighted by Crippen LogP contribution is -2.41. The molecule has 1 N–H and O–H groups in total. The van der Waals surface area contributed by atoms with Crippen molar-refractivity contribution in [1.29, 1.82) is 0 Å². The van der Waals surface area contributed by atoms with Crippen LogP contribution in [-0.2, 0) is 9.53 Å². The van der Waals surface area contributed by atoms with Crippen LogP contribution in [0.4, 0.5) is 0 Å². The molecule has 0 radical (unpaired) electrons.